The Morgan fingerprint density at radius 3 is 3.27 bits per heavy atom. The van der Waals surface area contributed by atoms with E-state index in [9.17, 15) is 4.79 Å². The van der Waals surface area contributed by atoms with Crippen LogP contribution in [0.5, 0.6) is 0 Å². The Labute approximate surface area is 88.4 Å². The van der Waals surface area contributed by atoms with Crippen LogP contribution in [-0.2, 0) is 0 Å². The molecule has 0 radical (unpaired) electrons. The number of piperidine rings is 1. The monoisotopic (exact) mass is 209 g/mol. The van der Waals surface area contributed by atoms with Gasteiger partial charge in [0, 0.05) is 19.2 Å². The molecule has 5 nitrogen and oxygen atoms in total. The lowest BCUT2D eigenvalue weighted by atomic mass is 10.0. The first-order chi connectivity index (χ1) is 7.25. The second kappa shape index (κ2) is 4.33. The third-order valence-corrected chi connectivity index (χ3v) is 2.61. The van der Waals surface area contributed by atoms with Crippen LogP contribution in [0.15, 0.2) is 16.8 Å². The first kappa shape index (κ1) is 10.0. The van der Waals surface area contributed by atoms with Crippen molar-refractivity contribution in [3.8, 4) is 0 Å². The summed E-state index contributed by atoms with van der Waals surface area (Å²) in [6, 6.07) is 1.53. The quantitative estimate of drug-likeness (QED) is 0.768. The number of nitrogens with zero attached hydrogens (tertiary/aromatic N) is 2. The molecule has 5 heteroatoms. The molecule has 2 amide bonds. The molecule has 1 aromatic rings. The fraction of sp³-hybridized carbons (Fsp3) is 0.600. The fourth-order valence-electron chi connectivity index (χ4n) is 1.84. The van der Waals surface area contributed by atoms with Crippen LogP contribution in [-0.4, -0.2) is 29.2 Å². The minimum atomic E-state index is -0.0988. The van der Waals surface area contributed by atoms with Crippen molar-refractivity contribution < 1.29 is 9.32 Å². The van der Waals surface area contributed by atoms with E-state index in [0.717, 1.165) is 19.5 Å². The van der Waals surface area contributed by atoms with Crippen molar-refractivity contribution in [2.75, 3.05) is 18.4 Å². The van der Waals surface area contributed by atoms with Gasteiger partial charge in [-0.15, -0.1) is 0 Å². The molecule has 1 aromatic heterocycles. The van der Waals surface area contributed by atoms with Gasteiger partial charge in [0.05, 0.1) is 6.20 Å². The molecule has 0 bridgehead atoms. The van der Waals surface area contributed by atoms with Gasteiger partial charge in [-0.1, -0.05) is 12.1 Å². The Morgan fingerprint density at radius 2 is 2.60 bits per heavy atom. The second-order valence-corrected chi connectivity index (χ2v) is 4.00. The molecular weight excluding hydrogens is 194 g/mol. The van der Waals surface area contributed by atoms with Gasteiger partial charge in [-0.05, 0) is 18.8 Å². The third kappa shape index (κ3) is 2.49. The molecule has 1 aliphatic heterocycles. The van der Waals surface area contributed by atoms with Gasteiger partial charge in [-0.3, -0.25) is 5.32 Å². The number of carbonyl (C=O) groups excluding carboxylic acids is 1. The number of urea groups is 1. The van der Waals surface area contributed by atoms with Crippen molar-refractivity contribution in [2.24, 2.45) is 5.92 Å². The Morgan fingerprint density at radius 1 is 1.73 bits per heavy atom. The predicted molar refractivity (Wildman–Crippen MR) is 55.5 cm³/mol. The second-order valence-electron chi connectivity index (χ2n) is 4.00. The highest BCUT2D eigenvalue weighted by atomic mass is 16.5. The molecule has 1 saturated heterocycles. The summed E-state index contributed by atoms with van der Waals surface area (Å²) in [6.45, 7) is 3.80. The number of likely N-dealkylation sites (tertiary alicyclic amines) is 1. The molecule has 0 spiro atoms. The zero-order valence-corrected chi connectivity index (χ0v) is 8.77. The molecule has 2 rings (SSSR count). The van der Waals surface area contributed by atoms with Crippen molar-refractivity contribution in [1.82, 2.24) is 10.1 Å². The molecule has 2 heterocycles. The van der Waals surface area contributed by atoms with Crippen LogP contribution in [0.4, 0.5) is 10.7 Å². The fourth-order valence-corrected chi connectivity index (χ4v) is 1.84. The molecule has 82 valence electrons. The number of aromatic nitrogens is 1. The molecule has 1 aliphatic rings. The standard InChI is InChI=1S/C10H15N3O2/c1-8-3-2-6-13(7-8)10(14)12-9-4-5-11-15-9/h4-5,8H,2-3,6-7H2,1H3,(H,12,14). The van der Waals surface area contributed by atoms with Crippen molar-refractivity contribution in [3.05, 3.63) is 12.3 Å². The number of carbonyl (C=O) groups is 1. The molecule has 0 aromatic carbocycles. The molecule has 1 fully saturated rings. The van der Waals surface area contributed by atoms with Crippen molar-refractivity contribution >= 4 is 11.9 Å². The predicted octanol–water partition coefficient (Wildman–Crippen LogP) is 1.94. The number of anilines is 1. The molecule has 1 atom stereocenters. The van der Waals surface area contributed by atoms with Crippen LogP contribution in [0.3, 0.4) is 0 Å². The van der Waals surface area contributed by atoms with Crippen molar-refractivity contribution in [1.29, 1.82) is 0 Å². The number of amides is 2. The van der Waals surface area contributed by atoms with E-state index in [-0.39, 0.29) is 6.03 Å². The average molecular weight is 209 g/mol. The van der Waals surface area contributed by atoms with Gasteiger partial charge in [-0.2, -0.15) is 0 Å². The highest BCUT2D eigenvalue weighted by molar-refractivity contribution is 5.87. The lowest BCUT2D eigenvalue weighted by Gasteiger charge is -2.30. The van der Waals surface area contributed by atoms with Gasteiger partial charge >= 0.3 is 6.03 Å². The maximum atomic E-state index is 11.7. The lowest BCUT2D eigenvalue weighted by Crippen LogP contribution is -2.41. The first-order valence-electron chi connectivity index (χ1n) is 5.22. The Bertz CT molecular complexity index is 323. The van der Waals surface area contributed by atoms with Crippen LogP contribution in [0, 0.1) is 5.92 Å². The summed E-state index contributed by atoms with van der Waals surface area (Å²) in [7, 11) is 0. The zero-order chi connectivity index (χ0) is 10.7. The molecule has 1 unspecified atom stereocenters. The van der Waals surface area contributed by atoms with E-state index < -0.39 is 0 Å². The van der Waals surface area contributed by atoms with Crippen LogP contribution < -0.4 is 5.32 Å². The van der Waals surface area contributed by atoms with Crippen molar-refractivity contribution in [3.63, 3.8) is 0 Å². The van der Waals surface area contributed by atoms with E-state index in [4.69, 9.17) is 4.52 Å². The summed E-state index contributed by atoms with van der Waals surface area (Å²) in [5.41, 5.74) is 0. The van der Waals surface area contributed by atoms with Crippen LogP contribution in [0.1, 0.15) is 19.8 Å². The first-order valence-corrected chi connectivity index (χ1v) is 5.22. The minimum absolute atomic E-state index is 0.0988. The molecular formula is C10H15N3O2. The van der Waals surface area contributed by atoms with E-state index >= 15 is 0 Å². The van der Waals surface area contributed by atoms with Crippen LogP contribution in [0.2, 0.25) is 0 Å². The van der Waals surface area contributed by atoms with Gasteiger partial charge < -0.3 is 9.42 Å². The number of rotatable bonds is 1. The number of nitrogens with one attached hydrogen (secondary N) is 1. The Kier molecular flexibility index (Phi) is 2.89. The summed E-state index contributed by atoms with van der Waals surface area (Å²) in [5.74, 6) is 0.984. The summed E-state index contributed by atoms with van der Waals surface area (Å²) < 4.78 is 4.81. The lowest BCUT2D eigenvalue weighted by molar-refractivity contribution is 0.181. The van der Waals surface area contributed by atoms with E-state index in [1.54, 1.807) is 6.07 Å². The topological polar surface area (TPSA) is 58.4 Å². The summed E-state index contributed by atoms with van der Waals surface area (Å²) in [6.07, 6.45) is 3.78. The van der Waals surface area contributed by atoms with E-state index in [1.807, 2.05) is 4.90 Å². The molecule has 15 heavy (non-hydrogen) atoms. The highest BCUT2D eigenvalue weighted by Gasteiger charge is 2.21. The number of hydrogen-bond acceptors (Lipinski definition) is 3. The zero-order valence-electron chi connectivity index (χ0n) is 8.77. The van der Waals surface area contributed by atoms with Crippen LogP contribution >= 0.6 is 0 Å². The van der Waals surface area contributed by atoms with Gasteiger partial charge in [0.2, 0.25) is 5.88 Å². The van der Waals surface area contributed by atoms with E-state index in [2.05, 4.69) is 17.4 Å². The van der Waals surface area contributed by atoms with Crippen LogP contribution in [0.25, 0.3) is 0 Å². The van der Waals surface area contributed by atoms with E-state index in [1.165, 1.54) is 12.6 Å². The summed E-state index contributed by atoms with van der Waals surface area (Å²) in [5, 5.41) is 6.20. The molecule has 0 aliphatic carbocycles. The molecule has 0 saturated carbocycles. The normalized spacial score (nSPS) is 21.4. The van der Waals surface area contributed by atoms with Gasteiger partial charge in [-0.25, -0.2) is 4.79 Å². The maximum Gasteiger partial charge on any atom is 0.324 e. The molecule has 1 N–H and O–H groups in total. The minimum Gasteiger partial charge on any atom is -0.338 e. The smallest absolute Gasteiger partial charge is 0.324 e. The Hall–Kier alpha value is -1.52. The summed E-state index contributed by atoms with van der Waals surface area (Å²) >= 11 is 0. The van der Waals surface area contributed by atoms with Gasteiger partial charge in [0.25, 0.3) is 0 Å². The largest absolute Gasteiger partial charge is 0.338 e. The van der Waals surface area contributed by atoms with Gasteiger partial charge in [0.1, 0.15) is 0 Å². The SMILES string of the molecule is CC1CCCN(C(=O)Nc2ccno2)C1. The maximum absolute atomic E-state index is 11.7. The Balaban J connectivity index is 1.90. The summed E-state index contributed by atoms with van der Waals surface area (Å²) in [4.78, 5) is 13.6. The van der Waals surface area contributed by atoms with E-state index in [0.29, 0.717) is 11.8 Å². The van der Waals surface area contributed by atoms with Crippen molar-refractivity contribution in [2.45, 2.75) is 19.8 Å². The van der Waals surface area contributed by atoms with Gasteiger partial charge in [0.15, 0.2) is 0 Å². The number of hydrogen-bond donors (Lipinski definition) is 1. The highest BCUT2D eigenvalue weighted by Crippen LogP contribution is 2.16. The third-order valence-electron chi connectivity index (χ3n) is 2.61. The average Bonchev–Trinajstić information content (AvgIpc) is 2.70.